The number of rotatable bonds is 7. The lowest BCUT2D eigenvalue weighted by molar-refractivity contribution is 0.0995. The minimum atomic E-state index is -0.563. The van der Waals surface area contributed by atoms with Crippen LogP contribution in [0.25, 0.3) is 11.4 Å². The molecule has 2 unspecified atom stereocenters. The second-order valence-corrected chi connectivity index (χ2v) is 12.8. The first-order chi connectivity index (χ1) is 20.3. The van der Waals surface area contributed by atoms with Gasteiger partial charge in [0.2, 0.25) is 0 Å². The molecule has 1 N–H and O–H groups in total. The minimum absolute atomic E-state index is 0.00495. The van der Waals surface area contributed by atoms with E-state index in [2.05, 4.69) is 38.2 Å². The number of carbonyl (C=O) groups excluding carboxylic acids is 1. The number of fused-ring (bicyclic) bond motifs is 5. The number of Topliss-reactive ketones (excluding diaryl/α,β-unsaturated/α-hetero) is 1. The number of pyridine rings is 1. The van der Waals surface area contributed by atoms with E-state index in [0.29, 0.717) is 23.2 Å². The van der Waals surface area contributed by atoms with Gasteiger partial charge in [0.15, 0.2) is 17.4 Å². The fourth-order valence-electron chi connectivity index (χ4n) is 6.47. The molecule has 3 aliphatic rings. The predicted octanol–water partition coefficient (Wildman–Crippen LogP) is 5.33. The molecule has 1 aliphatic heterocycles. The number of aromatic nitrogens is 3. The molecule has 0 amide bonds. The van der Waals surface area contributed by atoms with Gasteiger partial charge in [-0.3, -0.25) is 9.59 Å². The van der Waals surface area contributed by atoms with E-state index in [-0.39, 0.29) is 35.0 Å². The molecule has 2 fully saturated rings. The Morgan fingerprint density at radius 2 is 1.79 bits per heavy atom. The lowest BCUT2D eigenvalue weighted by atomic mass is 9.98. The Bertz CT molecular complexity index is 1700. The zero-order valence-corrected chi connectivity index (χ0v) is 24.6. The fourth-order valence-corrected chi connectivity index (χ4v) is 7.80. The lowest BCUT2D eigenvalue weighted by Crippen LogP contribution is -2.44. The zero-order valence-electron chi connectivity index (χ0n) is 23.8. The van der Waals surface area contributed by atoms with Crippen LogP contribution in [-0.4, -0.2) is 58.4 Å². The second kappa shape index (κ2) is 10.7. The van der Waals surface area contributed by atoms with Crippen LogP contribution in [0.5, 0.6) is 0 Å². The van der Waals surface area contributed by atoms with Crippen molar-refractivity contribution in [2.45, 2.75) is 37.5 Å². The largest absolute Gasteiger partial charge is 0.369 e. The molecule has 8 nitrogen and oxygen atoms in total. The maximum absolute atomic E-state index is 15.1. The summed E-state index contributed by atoms with van der Waals surface area (Å²) in [5.74, 6) is 0.723. The van der Waals surface area contributed by atoms with Crippen LogP contribution < -0.4 is 15.8 Å². The third-order valence-electron chi connectivity index (χ3n) is 8.87. The van der Waals surface area contributed by atoms with E-state index in [9.17, 15) is 9.59 Å². The van der Waals surface area contributed by atoms with Crippen LogP contribution in [0.3, 0.4) is 0 Å². The van der Waals surface area contributed by atoms with E-state index in [4.69, 9.17) is 0 Å². The summed E-state index contributed by atoms with van der Waals surface area (Å²) in [6.45, 7) is 3.97. The Kier molecular flexibility index (Phi) is 6.90. The molecule has 1 saturated carbocycles. The number of nitrogens with one attached hydrogen (secondary N) is 1. The van der Waals surface area contributed by atoms with Crippen molar-refractivity contribution in [1.82, 2.24) is 19.4 Å². The smallest absolute Gasteiger partial charge is 0.293 e. The SMILES string of the molecule is CN1CCN(c2ccc(Nc3nc(-c4nc(CC(=O)c5cc6c(s5)C5CCC6C5)ccc4F)cn(C)c3=O)cc2)CC1. The molecule has 4 heterocycles. The lowest BCUT2D eigenvalue weighted by Gasteiger charge is -2.34. The Balaban J connectivity index is 1.10. The van der Waals surface area contributed by atoms with Gasteiger partial charge in [0.05, 0.1) is 11.3 Å². The number of hydrogen-bond acceptors (Lipinski definition) is 8. The van der Waals surface area contributed by atoms with Gasteiger partial charge in [-0.2, -0.15) is 0 Å². The first-order valence-corrected chi connectivity index (χ1v) is 15.3. The van der Waals surface area contributed by atoms with E-state index in [1.807, 2.05) is 24.3 Å². The summed E-state index contributed by atoms with van der Waals surface area (Å²) in [5.41, 5.74) is 3.55. The maximum atomic E-state index is 15.1. The van der Waals surface area contributed by atoms with Gasteiger partial charge >= 0.3 is 0 Å². The summed E-state index contributed by atoms with van der Waals surface area (Å²) in [7, 11) is 3.73. The summed E-state index contributed by atoms with van der Waals surface area (Å²) in [6.07, 6.45) is 5.22. The molecule has 216 valence electrons. The van der Waals surface area contributed by atoms with Gasteiger partial charge in [-0.05, 0) is 86.2 Å². The molecule has 3 aromatic heterocycles. The van der Waals surface area contributed by atoms with Crippen molar-refractivity contribution >= 4 is 34.3 Å². The number of ketones is 1. The summed E-state index contributed by atoms with van der Waals surface area (Å²) in [5, 5.41) is 3.10. The van der Waals surface area contributed by atoms with Crippen molar-refractivity contribution in [3.63, 3.8) is 0 Å². The molecule has 42 heavy (non-hydrogen) atoms. The first-order valence-electron chi connectivity index (χ1n) is 14.5. The van der Waals surface area contributed by atoms with Crippen LogP contribution in [0, 0.1) is 5.82 Å². The molecule has 7 rings (SSSR count). The topological polar surface area (TPSA) is 83.4 Å². The van der Waals surface area contributed by atoms with Gasteiger partial charge in [0, 0.05) is 61.4 Å². The third kappa shape index (κ3) is 5.03. The molecule has 0 radical (unpaired) electrons. The Labute approximate surface area is 247 Å². The van der Waals surface area contributed by atoms with Crippen LogP contribution in [0.15, 0.2) is 53.5 Å². The molecular weight excluding hydrogens is 551 g/mol. The first kappa shape index (κ1) is 27.0. The number of likely N-dealkylation sites (N-methyl/N-ethyl adjacent to an activating group) is 1. The van der Waals surface area contributed by atoms with Crippen LogP contribution in [0.1, 0.15) is 56.9 Å². The van der Waals surface area contributed by atoms with Crippen molar-refractivity contribution < 1.29 is 9.18 Å². The standard InChI is InChI=1S/C32H33FN6O2S/c1-37-11-13-39(14-12-37)23-8-5-21(6-9-23)35-31-32(41)38(2)18-26(36-31)29-25(33)10-7-22(34-29)16-27(40)28-17-24-19-3-4-20(15-19)30(24)42-28/h5-10,17-20H,3-4,11-16H2,1-2H3,(H,35,36). The summed E-state index contributed by atoms with van der Waals surface area (Å²) < 4.78 is 16.4. The van der Waals surface area contributed by atoms with E-state index in [0.717, 1.165) is 36.7 Å². The van der Waals surface area contributed by atoms with Crippen molar-refractivity contribution in [2.24, 2.45) is 7.05 Å². The van der Waals surface area contributed by atoms with Crippen LogP contribution in [-0.2, 0) is 13.5 Å². The number of anilines is 3. The normalized spacial score (nSPS) is 19.7. The van der Waals surface area contributed by atoms with Gasteiger partial charge in [-0.1, -0.05) is 0 Å². The number of piperazine rings is 1. The molecule has 2 aliphatic carbocycles. The number of aryl methyl sites for hydroxylation is 1. The van der Waals surface area contributed by atoms with Crippen LogP contribution in [0.2, 0.25) is 0 Å². The second-order valence-electron chi connectivity index (χ2n) is 11.7. The molecule has 2 atom stereocenters. The molecule has 1 saturated heterocycles. The minimum Gasteiger partial charge on any atom is -0.369 e. The Morgan fingerprint density at radius 3 is 2.55 bits per heavy atom. The van der Waals surface area contributed by atoms with E-state index in [1.165, 1.54) is 46.5 Å². The number of nitrogens with zero attached hydrogens (tertiary/aromatic N) is 5. The van der Waals surface area contributed by atoms with Gasteiger partial charge in [-0.15, -0.1) is 11.3 Å². The number of benzene rings is 1. The van der Waals surface area contributed by atoms with E-state index >= 15 is 4.39 Å². The van der Waals surface area contributed by atoms with Crippen molar-refractivity contribution in [3.05, 3.63) is 85.8 Å². The molecule has 2 bridgehead atoms. The molecular formula is C32H33FN6O2S. The van der Waals surface area contributed by atoms with Crippen LogP contribution in [0.4, 0.5) is 21.6 Å². The van der Waals surface area contributed by atoms with E-state index < -0.39 is 5.82 Å². The Morgan fingerprint density at radius 1 is 1.02 bits per heavy atom. The highest BCUT2D eigenvalue weighted by Crippen LogP contribution is 2.56. The van der Waals surface area contributed by atoms with Crippen LogP contribution >= 0.6 is 11.3 Å². The summed E-state index contributed by atoms with van der Waals surface area (Å²) in [6, 6.07) is 12.8. The zero-order chi connectivity index (χ0) is 29.0. The number of hydrogen-bond donors (Lipinski definition) is 1. The highest BCUT2D eigenvalue weighted by molar-refractivity contribution is 7.14. The fraction of sp³-hybridized carbons (Fsp3) is 0.375. The number of carbonyl (C=O) groups is 1. The number of thiophene rings is 1. The van der Waals surface area contributed by atoms with Gasteiger partial charge in [-0.25, -0.2) is 14.4 Å². The predicted molar refractivity (Wildman–Crippen MR) is 164 cm³/mol. The number of halogens is 1. The highest BCUT2D eigenvalue weighted by atomic mass is 32.1. The third-order valence-corrected chi connectivity index (χ3v) is 10.2. The van der Waals surface area contributed by atoms with E-state index in [1.54, 1.807) is 24.5 Å². The average Bonchev–Trinajstić information content (AvgIpc) is 3.72. The van der Waals surface area contributed by atoms with Gasteiger partial charge in [0.1, 0.15) is 11.4 Å². The molecule has 4 aromatic rings. The molecule has 0 spiro atoms. The molecule has 1 aromatic carbocycles. The monoisotopic (exact) mass is 584 g/mol. The van der Waals surface area contributed by atoms with Gasteiger partial charge < -0.3 is 19.7 Å². The van der Waals surface area contributed by atoms with Crippen molar-refractivity contribution in [3.8, 4) is 11.4 Å². The summed E-state index contributed by atoms with van der Waals surface area (Å²) >= 11 is 1.62. The molecule has 10 heteroatoms. The average molecular weight is 585 g/mol. The highest BCUT2D eigenvalue weighted by Gasteiger charge is 2.39. The maximum Gasteiger partial charge on any atom is 0.293 e. The summed E-state index contributed by atoms with van der Waals surface area (Å²) in [4.78, 5) is 41.9. The Hall–Kier alpha value is -3.89. The van der Waals surface area contributed by atoms with Crippen molar-refractivity contribution in [2.75, 3.05) is 43.4 Å². The quantitative estimate of drug-likeness (QED) is 0.294. The van der Waals surface area contributed by atoms with Crippen molar-refractivity contribution in [1.29, 1.82) is 0 Å². The van der Waals surface area contributed by atoms with Gasteiger partial charge in [0.25, 0.3) is 5.56 Å².